The summed E-state index contributed by atoms with van der Waals surface area (Å²) < 4.78 is 32.5. The summed E-state index contributed by atoms with van der Waals surface area (Å²) in [5, 5.41) is 7.62. The summed E-state index contributed by atoms with van der Waals surface area (Å²) in [6.07, 6.45) is 1.58. The summed E-state index contributed by atoms with van der Waals surface area (Å²) in [6, 6.07) is 11.9. The number of halogens is 2. The molecule has 11 heteroatoms. The van der Waals surface area contributed by atoms with E-state index in [2.05, 4.69) is 15.5 Å². The van der Waals surface area contributed by atoms with Crippen molar-refractivity contribution in [2.24, 2.45) is 5.10 Å². The molecule has 3 aromatic rings. The topological polar surface area (TPSA) is 83.9 Å². The highest BCUT2D eigenvalue weighted by Crippen LogP contribution is 2.28. The van der Waals surface area contributed by atoms with E-state index in [1.807, 2.05) is 11.4 Å². The van der Waals surface area contributed by atoms with Crippen molar-refractivity contribution in [1.82, 2.24) is 9.29 Å². The first-order chi connectivity index (χ1) is 14.9. The number of hydrazone groups is 1. The highest BCUT2D eigenvalue weighted by atomic mass is 35.5. The van der Waals surface area contributed by atoms with Gasteiger partial charge < -0.3 is 4.74 Å². The lowest BCUT2D eigenvalue weighted by Crippen LogP contribution is -2.40. The summed E-state index contributed by atoms with van der Waals surface area (Å²) in [5.41, 5.74) is 4.96. The molecular weight excluding hydrogens is 479 g/mol. The third-order valence-corrected chi connectivity index (χ3v) is 7.77. The Morgan fingerprint density at radius 2 is 1.97 bits per heavy atom. The molecule has 0 bridgehead atoms. The maximum atomic E-state index is 12.9. The van der Waals surface area contributed by atoms with Gasteiger partial charge in [0.05, 0.1) is 35.0 Å². The van der Waals surface area contributed by atoms with Crippen molar-refractivity contribution < 1.29 is 13.2 Å². The average molecular weight is 497 g/mol. The molecule has 0 aliphatic carbocycles. The van der Waals surface area contributed by atoms with Crippen LogP contribution in [0.2, 0.25) is 10.0 Å². The third-order valence-electron chi connectivity index (χ3n) is 4.57. The number of hydrogen-bond donors (Lipinski definition) is 1. The van der Waals surface area contributed by atoms with Crippen LogP contribution in [0.4, 0.5) is 5.13 Å². The summed E-state index contributed by atoms with van der Waals surface area (Å²) in [7, 11) is -3.57. The normalized spacial score (nSPS) is 15.4. The number of nitrogens with zero attached hydrogens (tertiary/aromatic N) is 3. The van der Waals surface area contributed by atoms with Crippen LogP contribution in [0, 0.1) is 0 Å². The van der Waals surface area contributed by atoms with Crippen LogP contribution in [-0.4, -0.2) is 50.2 Å². The molecule has 2 heterocycles. The van der Waals surface area contributed by atoms with E-state index in [-0.39, 0.29) is 4.90 Å². The zero-order valence-electron chi connectivity index (χ0n) is 16.2. The van der Waals surface area contributed by atoms with Crippen molar-refractivity contribution in [2.75, 3.05) is 31.7 Å². The summed E-state index contributed by atoms with van der Waals surface area (Å²) in [5.74, 6) is 0. The maximum Gasteiger partial charge on any atom is 0.243 e. The molecule has 1 saturated heterocycles. The van der Waals surface area contributed by atoms with Crippen molar-refractivity contribution in [3.8, 4) is 11.3 Å². The standard InChI is InChI=1S/C20H18Cl2N4O3S2/c21-16-5-4-15(18(22)11-16)12-23-25-20-24-19(13-30-20)14-2-1-3-17(10-14)31(27,28)26-6-8-29-9-7-26/h1-5,10-13H,6-9H2,(H,24,25)/b23-12-. The largest absolute Gasteiger partial charge is 0.379 e. The van der Waals surface area contributed by atoms with E-state index in [0.29, 0.717) is 52.7 Å². The molecule has 162 valence electrons. The molecule has 0 amide bonds. The molecule has 2 aromatic carbocycles. The van der Waals surface area contributed by atoms with E-state index in [0.717, 1.165) is 5.56 Å². The van der Waals surface area contributed by atoms with Gasteiger partial charge in [-0.3, -0.25) is 5.43 Å². The number of hydrogen-bond acceptors (Lipinski definition) is 7. The van der Waals surface area contributed by atoms with Crippen LogP contribution in [0.15, 0.2) is 57.8 Å². The lowest BCUT2D eigenvalue weighted by atomic mass is 10.2. The number of thiazole rings is 1. The van der Waals surface area contributed by atoms with Gasteiger partial charge in [0.1, 0.15) is 0 Å². The van der Waals surface area contributed by atoms with Crippen LogP contribution in [0.3, 0.4) is 0 Å². The minimum atomic E-state index is -3.57. The number of aromatic nitrogens is 1. The van der Waals surface area contributed by atoms with Gasteiger partial charge >= 0.3 is 0 Å². The number of morpholine rings is 1. The minimum absolute atomic E-state index is 0.241. The van der Waals surface area contributed by atoms with Gasteiger partial charge in [0, 0.05) is 34.6 Å². The van der Waals surface area contributed by atoms with Crippen LogP contribution in [0.5, 0.6) is 0 Å². The smallest absolute Gasteiger partial charge is 0.243 e. The molecule has 1 N–H and O–H groups in total. The molecule has 4 rings (SSSR count). The number of anilines is 1. The fourth-order valence-corrected chi connectivity index (χ4v) is 5.55. The lowest BCUT2D eigenvalue weighted by Gasteiger charge is -2.26. The highest BCUT2D eigenvalue weighted by molar-refractivity contribution is 7.89. The van der Waals surface area contributed by atoms with Gasteiger partial charge in [0.25, 0.3) is 0 Å². The fourth-order valence-electron chi connectivity index (χ4n) is 2.97. The van der Waals surface area contributed by atoms with Gasteiger partial charge in [-0.05, 0) is 24.3 Å². The molecule has 7 nitrogen and oxygen atoms in total. The van der Waals surface area contributed by atoms with E-state index in [1.165, 1.54) is 15.6 Å². The van der Waals surface area contributed by atoms with Crippen molar-refractivity contribution >= 4 is 55.9 Å². The van der Waals surface area contributed by atoms with Crippen LogP contribution < -0.4 is 5.43 Å². The van der Waals surface area contributed by atoms with Gasteiger partial charge in [0.15, 0.2) is 0 Å². The molecule has 0 unspecified atom stereocenters. The molecule has 0 saturated carbocycles. The molecule has 0 atom stereocenters. The first kappa shape index (κ1) is 22.2. The Morgan fingerprint density at radius 3 is 2.74 bits per heavy atom. The first-order valence-electron chi connectivity index (χ1n) is 9.31. The maximum absolute atomic E-state index is 12.9. The summed E-state index contributed by atoms with van der Waals surface area (Å²) in [6.45, 7) is 1.52. The minimum Gasteiger partial charge on any atom is -0.379 e. The first-order valence-corrected chi connectivity index (χ1v) is 12.4. The van der Waals surface area contributed by atoms with E-state index in [1.54, 1.807) is 42.6 Å². The fraction of sp³-hybridized carbons (Fsp3) is 0.200. The predicted molar refractivity (Wildman–Crippen MR) is 125 cm³/mol. The number of rotatable bonds is 6. The molecule has 1 aliphatic rings. The Bertz CT molecular complexity index is 1210. The Labute approximate surface area is 194 Å². The van der Waals surface area contributed by atoms with Gasteiger partial charge in [-0.15, -0.1) is 11.3 Å². The number of sulfonamides is 1. The molecule has 0 radical (unpaired) electrons. The summed E-state index contributed by atoms with van der Waals surface area (Å²) in [4.78, 5) is 4.74. The van der Waals surface area contributed by atoms with Crippen LogP contribution >= 0.6 is 34.5 Å². The van der Waals surface area contributed by atoms with Crippen LogP contribution in [0.1, 0.15) is 5.56 Å². The lowest BCUT2D eigenvalue weighted by molar-refractivity contribution is 0.0730. The zero-order chi connectivity index (χ0) is 21.8. The van der Waals surface area contributed by atoms with Gasteiger partial charge in [-0.25, -0.2) is 13.4 Å². The van der Waals surface area contributed by atoms with Crippen molar-refractivity contribution in [1.29, 1.82) is 0 Å². The Hall–Kier alpha value is -2.01. The van der Waals surface area contributed by atoms with Crippen LogP contribution in [-0.2, 0) is 14.8 Å². The molecule has 1 fully saturated rings. The van der Waals surface area contributed by atoms with Crippen molar-refractivity contribution in [3.05, 3.63) is 63.5 Å². The highest BCUT2D eigenvalue weighted by Gasteiger charge is 2.26. The van der Waals surface area contributed by atoms with Crippen molar-refractivity contribution in [3.63, 3.8) is 0 Å². The van der Waals surface area contributed by atoms with E-state index in [4.69, 9.17) is 27.9 Å². The second-order valence-electron chi connectivity index (χ2n) is 6.62. The van der Waals surface area contributed by atoms with Gasteiger partial charge in [-0.1, -0.05) is 41.4 Å². The number of ether oxygens (including phenoxy) is 1. The van der Waals surface area contributed by atoms with Crippen molar-refractivity contribution in [2.45, 2.75) is 4.90 Å². The average Bonchev–Trinajstić information content (AvgIpc) is 3.25. The number of nitrogens with one attached hydrogen (secondary N) is 1. The Morgan fingerprint density at radius 1 is 1.16 bits per heavy atom. The number of benzene rings is 2. The molecule has 0 spiro atoms. The second kappa shape index (κ2) is 9.64. The van der Waals surface area contributed by atoms with Gasteiger partial charge in [0.2, 0.25) is 15.2 Å². The van der Waals surface area contributed by atoms with E-state index < -0.39 is 10.0 Å². The second-order valence-corrected chi connectivity index (χ2v) is 10.3. The predicted octanol–water partition coefficient (Wildman–Crippen LogP) is 4.58. The SMILES string of the molecule is O=S(=O)(c1cccc(-c2csc(N/N=C\c3ccc(Cl)cc3Cl)n2)c1)N1CCOCC1. The molecular formula is C20H18Cl2N4O3S2. The monoisotopic (exact) mass is 496 g/mol. The Kier molecular flexibility index (Phi) is 6.90. The summed E-state index contributed by atoms with van der Waals surface area (Å²) >= 11 is 13.4. The van der Waals surface area contributed by atoms with E-state index >= 15 is 0 Å². The molecule has 1 aromatic heterocycles. The molecule has 1 aliphatic heterocycles. The quantitative estimate of drug-likeness (QED) is 0.398. The van der Waals surface area contributed by atoms with Gasteiger partial charge in [-0.2, -0.15) is 9.41 Å². The third kappa shape index (κ3) is 5.25. The zero-order valence-corrected chi connectivity index (χ0v) is 19.3. The molecule has 31 heavy (non-hydrogen) atoms. The van der Waals surface area contributed by atoms with E-state index in [9.17, 15) is 8.42 Å². The Balaban J connectivity index is 1.49. The van der Waals surface area contributed by atoms with Crippen LogP contribution in [0.25, 0.3) is 11.3 Å².